The van der Waals surface area contributed by atoms with E-state index in [0.717, 1.165) is 6.54 Å². The summed E-state index contributed by atoms with van der Waals surface area (Å²) in [5.74, 6) is 0. The van der Waals surface area contributed by atoms with Gasteiger partial charge < -0.3 is 10.6 Å². The van der Waals surface area contributed by atoms with E-state index in [4.69, 9.17) is 5.73 Å². The van der Waals surface area contributed by atoms with Crippen LogP contribution in [-0.4, -0.2) is 55.1 Å². The van der Waals surface area contributed by atoms with Gasteiger partial charge in [-0.05, 0) is 34.4 Å². The Hall–Kier alpha value is -0.120. The van der Waals surface area contributed by atoms with Crippen LogP contribution in [-0.2, 0) is 0 Å². The molecule has 3 atom stereocenters. The van der Waals surface area contributed by atoms with Crippen LogP contribution in [0.1, 0.15) is 20.3 Å². The molecule has 0 aromatic heterocycles. The van der Waals surface area contributed by atoms with Crippen molar-refractivity contribution in [2.45, 2.75) is 38.4 Å². The van der Waals surface area contributed by atoms with Crippen molar-refractivity contribution in [3.63, 3.8) is 0 Å². The number of hydrogen-bond donors (Lipinski definition) is 1. The minimum Gasteiger partial charge on any atom is -0.327 e. The van der Waals surface area contributed by atoms with Crippen LogP contribution < -0.4 is 5.73 Å². The number of nitrogens with zero attached hydrogens (tertiary/aromatic N) is 2. The molecule has 1 saturated heterocycles. The highest BCUT2D eigenvalue weighted by Gasteiger charge is 2.31. The van der Waals surface area contributed by atoms with Crippen molar-refractivity contribution in [1.82, 2.24) is 9.80 Å². The quantitative estimate of drug-likeness (QED) is 0.689. The Morgan fingerprint density at radius 3 is 2.54 bits per heavy atom. The second kappa shape index (κ2) is 4.40. The van der Waals surface area contributed by atoms with Gasteiger partial charge in [0.25, 0.3) is 0 Å². The maximum absolute atomic E-state index is 5.80. The molecule has 3 nitrogen and oxygen atoms in total. The third-order valence-electron chi connectivity index (χ3n) is 3.03. The fourth-order valence-corrected chi connectivity index (χ4v) is 2.30. The molecule has 0 aromatic carbocycles. The van der Waals surface area contributed by atoms with Gasteiger partial charge in [-0.1, -0.05) is 0 Å². The molecule has 0 bridgehead atoms. The van der Waals surface area contributed by atoms with Gasteiger partial charge in [0.2, 0.25) is 0 Å². The van der Waals surface area contributed by atoms with Crippen LogP contribution in [0.3, 0.4) is 0 Å². The Balaban J connectivity index is 2.45. The molecule has 1 rings (SSSR count). The minimum absolute atomic E-state index is 0.295. The van der Waals surface area contributed by atoms with Gasteiger partial charge in [-0.15, -0.1) is 0 Å². The van der Waals surface area contributed by atoms with E-state index < -0.39 is 0 Å². The van der Waals surface area contributed by atoms with E-state index in [-0.39, 0.29) is 0 Å². The molecule has 78 valence electrons. The smallest absolute Gasteiger partial charge is 0.0254 e. The predicted molar refractivity (Wildman–Crippen MR) is 56.8 cm³/mol. The maximum atomic E-state index is 5.80. The predicted octanol–water partition coefficient (Wildman–Crippen LogP) is 0.358. The highest BCUT2D eigenvalue weighted by Crippen LogP contribution is 2.20. The third-order valence-corrected chi connectivity index (χ3v) is 3.03. The first-order chi connectivity index (χ1) is 6.02. The molecule has 0 spiro atoms. The Kier molecular flexibility index (Phi) is 3.71. The van der Waals surface area contributed by atoms with Crippen molar-refractivity contribution < 1.29 is 0 Å². The lowest BCUT2D eigenvalue weighted by molar-refractivity contribution is 0.193. The average Bonchev–Trinajstić information content (AvgIpc) is 2.32. The zero-order chi connectivity index (χ0) is 10.0. The van der Waals surface area contributed by atoms with Crippen LogP contribution in [0.4, 0.5) is 0 Å². The molecule has 0 amide bonds. The summed E-state index contributed by atoms with van der Waals surface area (Å²) in [6.45, 7) is 6.62. The standard InChI is InChI=1S/C10H23N3/c1-8(11)7-13-6-5-10(9(13)2)12(3)4/h8-10H,5-7,11H2,1-4H3/t8-,9?,10?/m1/s1. The van der Waals surface area contributed by atoms with Crippen molar-refractivity contribution in [2.75, 3.05) is 27.2 Å². The van der Waals surface area contributed by atoms with Crippen molar-refractivity contribution in [2.24, 2.45) is 5.73 Å². The highest BCUT2D eigenvalue weighted by molar-refractivity contribution is 4.89. The molecule has 2 N–H and O–H groups in total. The van der Waals surface area contributed by atoms with Crippen molar-refractivity contribution in [3.8, 4) is 0 Å². The topological polar surface area (TPSA) is 32.5 Å². The Morgan fingerprint density at radius 2 is 2.15 bits per heavy atom. The molecule has 0 aromatic rings. The van der Waals surface area contributed by atoms with E-state index in [2.05, 4.69) is 37.7 Å². The fourth-order valence-electron chi connectivity index (χ4n) is 2.30. The fraction of sp³-hybridized carbons (Fsp3) is 1.00. The molecule has 2 unspecified atom stereocenters. The summed E-state index contributed by atoms with van der Waals surface area (Å²) < 4.78 is 0. The SMILES string of the molecule is CC1C(N(C)C)CCN1C[C@@H](C)N. The number of hydrogen-bond acceptors (Lipinski definition) is 3. The maximum Gasteiger partial charge on any atom is 0.0254 e. The lowest BCUT2D eigenvalue weighted by Crippen LogP contribution is -2.43. The molecule has 0 aliphatic carbocycles. The third kappa shape index (κ3) is 2.66. The van der Waals surface area contributed by atoms with Gasteiger partial charge in [0.1, 0.15) is 0 Å². The lowest BCUT2D eigenvalue weighted by Gasteiger charge is -2.29. The van der Waals surface area contributed by atoms with Gasteiger partial charge in [0.15, 0.2) is 0 Å². The molecule has 1 aliphatic heterocycles. The molecule has 0 saturated carbocycles. The zero-order valence-corrected chi connectivity index (χ0v) is 9.33. The van der Waals surface area contributed by atoms with E-state index in [0.29, 0.717) is 18.1 Å². The summed E-state index contributed by atoms with van der Waals surface area (Å²) in [5.41, 5.74) is 5.80. The van der Waals surface area contributed by atoms with Crippen LogP contribution in [0, 0.1) is 0 Å². The number of rotatable bonds is 3. The molecule has 3 heteroatoms. The number of likely N-dealkylation sites (N-methyl/N-ethyl adjacent to an activating group) is 1. The Morgan fingerprint density at radius 1 is 1.54 bits per heavy atom. The molecule has 1 fully saturated rings. The number of nitrogens with two attached hydrogens (primary N) is 1. The van der Waals surface area contributed by atoms with E-state index in [1.54, 1.807) is 0 Å². The first-order valence-corrected chi connectivity index (χ1v) is 5.18. The molecule has 1 heterocycles. The monoisotopic (exact) mass is 185 g/mol. The summed E-state index contributed by atoms with van der Waals surface area (Å²) in [6.07, 6.45) is 1.28. The van der Waals surface area contributed by atoms with Gasteiger partial charge in [-0.3, -0.25) is 4.90 Å². The number of likely N-dealkylation sites (tertiary alicyclic amines) is 1. The Labute approximate surface area is 81.9 Å². The van der Waals surface area contributed by atoms with Gasteiger partial charge in [-0.2, -0.15) is 0 Å². The van der Waals surface area contributed by atoms with Gasteiger partial charge in [0.05, 0.1) is 0 Å². The van der Waals surface area contributed by atoms with Gasteiger partial charge in [-0.25, -0.2) is 0 Å². The van der Waals surface area contributed by atoms with E-state index in [1.807, 2.05) is 0 Å². The first kappa shape index (κ1) is 11.0. The molecular formula is C10H23N3. The van der Waals surface area contributed by atoms with Gasteiger partial charge >= 0.3 is 0 Å². The summed E-state index contributed by atoms with van der Waals surface area (Å²) in [4.78, 5) is 4.82. The molecule has 0 radical (unpaired) electrons. The van der Waals surface area contributed by atoms with Crippen molar-refractivity contribution in [1.29, 1.82) is 0 Å². The van der Waals surface area contributed by atoms with Crippen LogP contribution >= 0.6 is 0 Å². The van der Waals surface area contributed by atoms with E-state index in [1.165, 1.54) is 13.0 Å². The van der Waals surface area contributed by atoms with Crippen LogP contribution in [0.25, 0.3) is 0 Å². The van der Waals surface area contributed by atoms with Crippen LogP contribution in [0.2, 0.25) is 0 Å². The van der Waals surface area contributed by atoms with Crippen LogP contribution in [0.15, 0.2) is 0 Å². The average molecular weight is 185 g/mol. The van der Waals surface area contributed by atoms with E-state index in [9.17, 15) is 0 Å². The molecule has 13 heavy (non-hydrogen) atoms. The van der Waals surface area contributed by atoms with Gasteiger partial charge in [0, 0.05) is 31.2 Å². The first-order valence-electron chi connectivity index (χ1n) is 5.18. The lowest BCUT2D eigenvalue weighted by atomic mass is 10.1. The minimum atomic E-state index is 0.295. The Bertz CT molecular complexity index is 156. The van der Waals surface area contributed by atoms with Crippen molar-refractivity contribution >= 4 is 0 Å². The summed E-state index contributed by atoms with van der Waals surface area (Å²) in [5, 5.41) is 0. The molecule has 1 aliphatic rings. The summed E-state index contributed by atoms with van der Waals surface area (Å²) >= 11 is 0. The second-order valence-corrected chi connectivity index (χ2v) is 4.53. The normalized spacial score (nSPS) is 32.8. The van der Waals surface area contributed by atoms with Crippen molar-refractivity contribution in [3.05, 3.63) is 0 Å². The highest BCUT2D eigenvalue weighted by atomic mass is 15.3. The summed E-state index contributed by atoms with van der Waals surface area (Å²) in [6, 6.07) is 1.66. The second-order valence-electron chi connectivity index (χ2n) is 4.53. The zero-order valence-electron chi connectivity index (χ0n) is 9.33. The van der Waals surface area contributed by atoms with E-state index >= 15 is 0 Å². The van der Waals surface area contributed by atoms with Crippen LogP contribution in [0.5, 0.6) is 0 Å². The largest absolute Gasteiger partial charge is 0.327 e. The summed E-state index contributed by atoms with van der Waals surface area (Å²) in [7, 11) is 4.33. The molecular weight excluding hydrogens is 162 g/mol.